The summed E-state index contributed by atoms with van der Waals surface area (Å²) >= 11 is 0. The van der Waals surface area contributed by atoms with Gasteiger partial charge >= 0.3 is 0 Å². The molecule has 3 saturated carbocycles. The lowest BCUT2D eigenvalue weighted by atomic mass is 9.47. The van der Waals surface area contributed by atoms with Crippen molar-refractivity contribution in [1.29, 1.82) is 0 Å². The Morgan fingerprint density at radius 1 is 1.08 bits per heavy atom. The van der Waals surface area contributed by atoms with Crippen molar-refractivity contribution in [1.82, 2.24) is 0 Å². The van der Waals surface area contributed by atoms with Crippen molar-refractivity contribution in [3.63, 3.8) is 0 Å². The Morgan fingerprint density at radius 3 is 2.71 bits per heavy atom. The van der Waals surface area contributed by atoms with E-state index in [1.165, 1.54) is 44.9 Å². The van der Waals surface area contributed by atoms with E-state index in [1.807, 2.05) is 0 Å². The van der Waals surface area contributed by atoms with Crippen molar-refractivity contribution in [3.8, 4) is 0 Å². The highest BCUT2D eigenvalue weighted by Gasteiger charge is 2.59. The molecule has 0 heterocycles. The first-order chi connectivity index (χ1) is 11.5. The zero-order valence-corrected chi connectivity index (χ0v) is 15.9. The van der Waals surface area contributed by atoms with Crippen LogP contribution in [0.3, 0.4) is 0 Å². The van der Waals surface area contributed by atoms with Crippen molar-refractivity contribution >= 4 is 0 Å². The third-order valence-electron chi connectivity index (χ3n) is 8.53. The molecule has 0 spiro atoms. The molecule has 2 heteroatoms. The quantitative estimate of drug-likeness (QED) is 0.728. The normalized spacial score (nSPS) is 50.7. The van der Waals surface area contributed by atoms with E-state index < -0.39 is 0 Å². The Bertz CT molecular complexity index is 512. The lowest BCUT2D eigenvalue weighted by Crippen LogP contribution is -2.51. The molecular weight excluding hydrogens is 296 g/mol. The molecule has 24 heavy (non-hydrogen) atoms. The Kier molecular flexibility index (Phi) is 4.36. The maximum absolute atomic E-state index is 10.1. The molecule has 4 aliphatic carbocycles. The molecule has 0 radical (unpaired) electrons. The Hall–Kier alpha value is -0.340. The maximum atomic E-state index is 10.1. The fraction of sp³-hybridized carbons (Fsp3) is 0.909. The van der Waals surface area contributed by atoms with Crippen molar-refractivity contribution in [2.45, 2.75) is 90.8 Å². The lowest BCUT2D eigenvalue weighted by molar-refractivity contribution is -0.0969. The van der Waals surface area contributed by atoms with Gasteiger partial charge in [0.25, 0.3) is 0 Å². The smallest absolute Gasteiger partial charge is 0.0724 e. The summed E-state index contributed by atoms with van der Waals surface area (Å²) in [5.74, 6) is 2.59. The van der Waals surface area contributed by atoms with Gasteiger partial charge in [-0.3, -0.25) is 0 Å². The number of hydrogen-bond donors (Lipinski definition) is 1. The third-order valence-corrected chi connectivity index (χ3v) is 8.53. The van der Waals surface area contributed by atoms with Crippen LogP contribution in [-0.4, -0.2) is 23.9 Å². The van der Waals surface area contributed by atoms with Crippen LogP contribution >= 0.6 is 0 Å². The molecule has 0 aromatic rings. The molecular formula is C22H36O2. The minimum absolute atomic E-state index is 0.184. The molecule has 0 amide bonds. The second-order valence-corrected chi connectivity index (χ2v) is 9.61. The zero-order chi connectivity index (χ0) is 16.9. The number of fused-ring (bicyclic) bond motifs is 5. The van der Waals surface area contributed by atoms with Crippen LogP contribution < -0.4 is 0 Å². The third kappa shape index (κ3) is 2.43. The fourth-order valence-electron chi connectivity index (χ4n) is 7.20. The second-order valence-electron chi connectivity index (χ2n) is 9.61. The van der Waals surface area contributed by atoms with Gasteiger partial charge in [-0.25, -0.2) is 0 Å². The van der Waals surface area contributed by atoms with Crippen LogP contribution in [0.5, 0.6) is 0 Å². The summed E-state index contributed by atoms with van der Waals surface area (Å²) in [5.41, 5.74) is 2.37. The van der Waals surface area contributed by atoms with Crippen LogP contribution in [0.4, 0.5) is 0 Å². The molecule has 4 rings (SSSR count). The molecule has 0 aliphatic heterocycles. The summed E-state index contributed by atoms with van der Waals surface area (Å²) in [6.45, 7) is 8.21. The standard InChI is InChI=1S/C22H36O2/c1-4-13-24-20-8-7-18-17-6-5-15-14-16(23)9-11-21(15,2)19(17)10-12-22(18,20)3/h14,16-20,23H,4-13H2,1-3H3/t16-,17+,18-,19-,20-,21-,22-/m0/s1. The molecule has 0 aromatic heterocycles. The van der Waals surface area contributed by atoms with E-state index in [1.54, 1.807) is 5.57 Å². The SMILES string of the molecule is CCCO[C@H]1CC[C@H]2[C@H]3CCC4=C[C@@H](O)CC[C@]4(C)[C@H]3CC[C@]12C. The Morgan fingerprint density at radius 2 is 1.92 bits per heavy atom. The highest BCUT2D eigenvalue weighted by atomic mass is 16.5. The van der Waals surface area contributed by atoms with Gasteiger partial charge in [-0.15, -0.1) is 0 Å². The van der Waals surface area contributed by atoms with Crippen LogP contribution in [0.15, 0.2) is 11.6 Å². The maximum Gasteiger partial charge on any atom is 0.0724 e. The predicted molar refractivity (Wildman–Crippen MR) is 97.7 cm³/mol. The van der Waals surface area contributed by atoms with E-state index >= 15 is 0 Å². The van der Waals surface area contributed by atoms with Crippen LogP contribution in [-0.2, 0) is 4.74 Å². The summed E-state index contributed by atoms with van der Waals surface area (Å²) in [4.78, 5) is 0. The topological polar surface area (TPSA) is 29.5 Å². The molecule has 7 atom stereocenters. The van der Waals surface area contributed by atoms with Crippen molar-refractivity contribution in [2.75, 3.05) is 6.61 Å². The minimum atomic E-state index is -0.184. The number of allylic oxidation sites excluding steroid dienone is 1. The van der Waals surface area contributed by atoms with Gasteiger partial charge in [-0.05, 0) is 86.4 Å². The predicted octanol–water partition coefficient (Wildman–Crippen LogP) is 5.11. The van der Waals surface area contributed by atoms with Crippen LogP contribution in [0.1, 0.15) is 78.6 Å². The van der Waals surface area contributed by atoms with Gasteiger partial charge in [0.2, 0.25) is 0 Å². The fourth-order valence-corrected chi connectivity index (χ4v) is 7.20. The van der Waals surface area contributed by atoms with Gasteiger partial charge in [0.05, 0.1) is 12.2 Å². The average Bonchev–Trinajstić information content (AvgIpc) is 2.90. The van der Waals surface area contributed by atoms with E-state index in [4.69, 9.17) is 4.74 Å². The average molecular weight is 333 g/mol. The summed E-state index contributed by atoms with van der Waals surface area (Å²) in [7, 11) is 0. The number of aliphatic hydroxyl groups excluding tert-OH is 1. The van der Waals surface area contributed by atoms with Crippen molar-refractivity contribution < 1.29 is 9.84 Å². The van der Waals surface area contributed by atoms with E-state index in [2.05, 4.69) is 26.8 Å². The van der Waals surface area contributed by atoms with Crippen LogP contribution in [0.25, 0.3) is 0 Å². The van der Waals surface area contributed by atoms with Gasteiger partial charge in [0, 0.05) is 6.61 Å². The molecule has 0 aromatic carbocycles. The summed E-state index contributed by atoms with van der Waals surface area (Å²) in [6.07, 6.45) is 13.8. The number of ether oxygens (including phenoxy) is 1. The first-order valence-electron chi connectivity index (χ1n) is 10.5. The first kappa shape index (κ1) is 17.1. The first-order valence-corrected chi connectivity index (χ1v) is 10.5. The number of rotatable bonds is 3. The number of aliphatic hydroxyl groups is 1. The van der Waals surface area contributed by atoms with Crippen molar-refractivity contribution in [2.24, 2.45) is 28.6 Å². The minimum Gasteiger partial charge on any atom is -0.389 e. The Labute approximate surface area is 148 Å². The van der Waals surface area contributed by atoms with E-state index in [0.717, 1.165) is 37.2 Å². The zero-order valence-electron chi connectivity index (χ0n) is 15.9. The molecule has 2 nitrogen and oxygen atoms in total. The van der Waals surface area contributed by atoms with Crippen LogP contribution in [0.2, 0.25) is 0 Å². The second kappa shape index (κ2) is 6.13. The Balaban J connectivity index is 1.58. The van der Waals surface area contributed by atoms with Gasteiger partial charge in [0.15, 0.2) is 0 Å². The van der Waals surface area contributed by atoms with Gasteiger partial charge < -0.3 is 9.84 Å². The summed E-state index contributed by atoms with van der Waals surface area (Å²) in [5, 5.41) is 10.1. The largest absolute Gasteiger partial charge is 0.389 e. The molecule has 0 unspecified atom stereocenters. The highest BCUT2D eigenvalue weighted by Crippen LogP contribution is 2.65. The summed E-state index contributed by atoms with van der Waals surface area (Å²) in [6, 6.07) is 0. The number of hydrogen-bond acceptors (Lipinski definition) is 2. The molecule has 1 N–H and O–H groups in total. The lowest BCUT2D eigenvalue weighted by Gasteiger charge is -2.58. The molecule has 0 saturated heterocycles. The molecule has 0 bridgehead atoms. The van der Waals surface area contributed by atoms with Gasteiger partial charge in [0.1, 0.15) is 0 Å². The van der Waals surface area contributed by atoms with E-state index in [0.29, 0.717) is 16.9 Å². The monoisotopic (exact) mass is 332 g/mol. The van der Waals surface area contributed by atoms with Gasteiger partial charge in [-0.1, -0.05) is 32.4 Å². The van der Waals surface area contributed by atoms with Gasteiger partial charge in [-0.2, -0.15) is 0 Å². The van der Waals surface area contributed by atoms with E-state index in [9.17, 15) is 5.11 Å². The van der Waals surface area contributed by atoms with E-state index in [-0.39, 0.29) is 6.10 Å². The molecule has 136 valence electrons. The summed E-state index contributed by atoms with van der Waals surface area (Å²) < 4.78 is 6.31. The molecule has 4 aliphatic rings. The highest BCUT2D eigenvalue weighted by molar-refractivity contribution is 5.25. The molecule has 3 fully saturated rings. The van der Waals surface area contributed by atoms with Crippen LogP contribution in [0, 0.1) is 28.6 Å². The van der Waals surface area contributed by atoms with Crippen molar-refractivity contribution in [3.05, 3.63) is 11.6 Å².